The molecule has 5 heteroatoms. The molecule has 1 fully saturated rings. The van der Waals surface area contributed by atoms with E-state index in [0.29, 0.717) is 0 Å². The van der Waals surface area contributed by atoms with Crippen LogP contribution in [0.4, 0.5) is 4.79 Å². The van der Waals surface area contributed by atoms with Gasteiger partial charge < -0.3 is 9.84 Å². The third kappa shape index (κ3) is 2.83. The van der Waals surface area contributed by atoms with Crippen LogP contribution >= 0.6 is 0 Å². The highest BCUT2D eigenvalue weighted by Crippen LogP contribution is 2.55. The molecule has 136 valence electrons. The van der Waals surface area contributed by atoms with E-state index in [1.54, 1.807) is 0 Å². The molecule has 1 N–H and O–H groups in total. The number of nitrogens with zero attached hydrogens (tertiary/aromatic N) is 1. The molecule has 0 bridgehead atoms. The van der Waals surface area contributed by atoms with Crippen LogP contribution in [0.1, 0.15) is 37.9 Å². The summed E-state index contributed by atoms with van der Waals surface area (Å²) in [4.78, 5) is 25.7. The number of benzene rings is 2. The first-order chi connectivity index (χ1) is 12.3. The van der Waals surface area contributed by atoms with E-state index in [0.717, 1.165) is 11.1 Å². The molecule has 0 saturated carbocycles. The summed E-state index contributed by atoms with van der Waals surface area (Å²) in [6.45, 7) is 5.61. The van der Waals surface area contributed by atoms with Gasteiger partial charge in [0.1, 0.15) is 12.6 Å². The van der Waals surface area contributed by atoms with Crippen molar-refractivity contribution < 1.29 is 19.4 Å². The molecule has 2 atom stereocenters. The first-order valence-corrected chi connectivity index (χ1v) is 8.59. The quantitative estimate of drug-likeness (QED) is 0.822. The lowest BCUT2D eigenvalue weighted by atomic mass is 9.65. The Morgan fingerprint density at radius 3 is 2.12 bits per heavy atom. The van der Waals surface area contributed by atoms with Crippen molar-refractivity contribution >= 4 is 12.1 Å². The van der Waals surface area contributed by atoms with Gasteiger partial charge in [-0.25, -0.2) is 4.79 Å². The number of hydrogen-bond acceptors (Lipinski definition) is 3. The molecule has 1 saturated heterocycles. The predicted molar refractivity (Wildman–Crippen MR) is 97.6 cm³/mol. The lowest BCUT2D eigenvalue weighted by molar-refractivity contribution is -0.210. The standard InChI is InChI=1S/C21H23NO4/c1-20(2,3)21(16-12-8-5-9-13-16)18(15-10-6-4-7-11-15)22(19(24)25)14-17(23)26-21/h4-13,18H,14H2,1-3H3,(H,24,25)/t18-,21+/m1/s1. The monoisotopic (exact) mass is 353 g/mol. The number of morpholine rings is 1. The summed E-state index contributed by atoms with van der Waals surface area (Å²) in [5.74, 6) is -0.543. The van der Waals surface area contributed by atoms with Gasteiger partial charge >= 0.3 is 12.1 Å². The van der Waals surface area contributed by atoms with Crippen molar-refractivity contribution in [3.05, 3.63) is 71.8 Å². The minimum absolute atomic E-state index is 0.292. The summed E-state index contributed by atoms with van der Waals surface area (Å²) < 4.78 is 6.03. The highest BCUT2D eigenvalue weighted by atomic mass is 16.6. The van der Waals surface area contributed by atoms with Crippen molar-refractivity contribution in [2.75, 3.05) is 6.54 Å². The first kappa shape index (κ1) is 18.0. The second-order valence-electron chi connectivity index (χ2n) is 7.55. The zero-order valence-corrected chi connectivity index (χ0v) is 15.2. The average molecular weight is 353 g/mol. The molecule has 1 heterocycles. The minimum Gasteiger partial charge on any atom is -0.465 e. The van der Waals surface area contributed by atoms with E-state index >= 15 is 0 Å². The smallest absolute Gasteiger partial charge is 0.408 e. The first-order valence-electron chi connectivity index (χ1n) is 8.59. The number of carbonyl (C=O) groups is 2. The van der Waals surface area contributed by atoms with Crippen LogP contribution in [-0.4, -0.2) is 28.6 Å². The number of amides is 1. The van der Waals surface area contributed by atoms with E-state index in [1.807, 2.05) is 81.4 Å². The van der Waals surface area contributed by atoms with E-state index in [-0.39, 0.29) is 6.54 Å². The van der Waals surface area contributed by atoms with Gasteiger partial charge in [-0.2, -0.15) is 0 Å². The molecule has 1 aliphatic heterocycles. The number of esters is 1. The Morgan fingerprint density at radius 2 is 1.62 bits per heavy atom. The largest absolute Gasteiger partial charge is 0.465 e. The predicted octanol–water partition coefficient (Wildman–Crippen LogP) is 4.21. The molecular weight excluding hydrogens is 330 g/mol. The molecule has 0 aromatic heterocycles. The maximum absolute atomic E-state index is 12.5. The van der Waals surface area contributed by atoms with E-state index < -0.39 is 29.1 Å². The molecule has 5 nitrogen and oxygen atoms in total. The summed E-state index contributed by atoms with van der Waals surface area (Å²) in [7, 11) is 0. The molecule has 2 aromatic rings. The van der Waals surface area contributed by atoms with Crippen LogP contribution in [-0.2, 0) is 15.1 Å². The number of carbonyl (C=O) groups excluding carboxylic acids is 1. The fourth-order valence-electron chi connectivity index (χ4n) is 3.84. The van der Waals surface area contributed by atoms with Gasteiger partial charge in [0.15, 0.2) is 5.60 Å². The van der Waals surface area contributed by atoms with Gasteiger partial charge in [0.05, 0.1) is 0 Å². The number of hydrogen-bond donors (Lipinski definition) is 1. The summed E-state index contributed by atoms with van der Waals surface area (Å²) >= 11 is 0. The zero-order valence-electron chi connectivity index (χ0n) is 15.2. The molecule has 3 rings (SSSR count). The van der Waals surface area contributed by atoms with Crippen molar-refractivity contribution in [1.82, 2.24) is 4.90 Å². The summed E-state index contributed by atoms with van der Waals surface area (Å²) in [6.07, 6.45) is -1.14. The lowest BCUT2D eigenvalue weighted by Gasteiger charge is -2.54. The Morgan fingerprint density at radius 1 is 1.08 bits per heavy atom. The molecule has 0 radical (unpaired) electrons. The molecule has 2 aromatic carbocycles. The van der Waals surface area contributed by atoms with Crippen molar-refractivity contribution in [3.8, 4) is 0 Å². The Kier molecular flexibility index (Phi) is 4.48. The second kappa shape index (κ2) is 6.48. The van der Waals surface area contributed by atoms with Gasteiger partial charge in [-0.1, -0.05) is 81.4 Å². The average Bonchev–Trinajstić information content (AvgIpc) is 2.61. The normalized spacial score (nSPS) is 23.4. The molecule has 1 aliphatic rings. The Hall–Kier alpha value is -2.82. The fraction of sp³-hybridized carbons (Fsp3) is 0.333. The summed E-state index contributed by atoms with van der Waals surface area (Å²) in [5, 5.41) is 9.85. The number of rotatable bonds is 2. The molecule has 1 amide bonds. The molecular formula is C21H23NO4. The van der Waals surface area contributed by atoms with Gasteiger partial charge in [0.25, 0.3) is 0 Å². The van der Waals surface area contributed by atoms with Crippen LogP contribution < -0.4 is 0 Å². The Bertz CT molecular complexity index is 798. The molecule has 0 spiro atoms. The molecule has 0 unspecified atom stereocenters. The van der Waals surface area contributed by atoms with Crippen LogP contribution in [0.2, 0.25) is 0 Å². The number of ether oxygens (including phenoxy) is 1. The van der Waals surface area contributed by atoms with Crippen LogP contribution in [0.3, 0.4) is 0 Å². The van der Waals surface area contributed by atoms with Crippen LogP contribution in [0.15, 0.2) is 60.7 Å². The lowest BCUT2D eigenvalue weighted by Crippen LogP contribution is -2.60. The maximum Gasteiger partial charge on any atom is 0.408 e. The maximum atomic E-state index is 12.5. The van der Waals surface area contributed by atoms with E-state index in [2.05, 4.69) is 0 Å². The van der Waals surface area contributed by atoms with Crippen molar-refractivity contribution in [2.45, 2.75) is 32.4 Å². The topological polar surface area (TPSA) is 66.8 Å². The van der Waals surface area contributed by atoms with Crippen molar-refractivity contribution in [3.63, 3.8) is 0 Å². The number of carboxylic acid groups (broad SMARTS) is 1. The molecule has 0 aliphatic carbocycles. The van der Waals surface area contributed by atoms with Crippen LogP contribution in [0.25, 0.3) is 0 Å². The van der Waals surface area contributed by atoms with Gasteiger partial charge in [0.2, 0.25) is 0 Å². The van der Waals surface area contributed by atoms with Gasteiger partial charge in [-0.3, -0.25) is 9.69 Å². The highest BCUT2D eigenvalue weighted by molar-refractivity contribution is 5.80. The van der Waals surface area contributed by atoms with Crippen molar-refractivity contribution in [2.24, 2.45) is 5.41 Å². The van der Waals surface area contributed by atoms with E-state index in [4.69, 9.17) is 4.74 Å². The van der Waals surface area contributed by atoms with Crippen molar-refractivity contribution in [1.29, 1.82) is 0 Å². The zero-order chi connectivity index (χ0) is 18.9. The second-order valence-corrected chi connectivity index (χ2v) is 7.55. The van der Waals surface area contributed by atoms with Gasteiger partial charge in [0, 0.05) is 5.41 Å². The van der Waals surface area contributed by atoms with E-state index in [9.17, 15) is 14.7 Å². The SMILES string of the molecule is CC(C)(C)[C@@]1(c2ccccc2)OC(=O)CN(C(=O)O)[C@@H]1c1ccccc1. The highest BCUT2D eigenvalue weighted by Gasteiger charge is 2.59. The Balaban J connectivity index is 2.33. The number of cyclic esters (lactones) is 1. The van der Waals surface area contributed by atoms with Crippen LogP contribution in [0.5, 0.6) is 0 Å². The minimum atomic E-state index is -1.15. The third-order valence-electron chi connectivity index (χ3n) is 4.95. The Labute approximate surface area is 153 Å². The third-order valence-corrected chi connectivity index (χ3v) is 4.95. The van der Waals surface area contributed by atoms with Gasteiger partial charge in [-0.05, 0) is 11.1 Å². The fourth-order valence-corrected chi connectivity index (χ4v) is 3.84. The summed E-state index contributed by atoms with van der Waals surface area (Å²) in [5.41, 5.74) is -0.135. The van der Waals surface area contributed by atoms with E-state index in [1.165, 1.54) is 4.90 Å². The molecule has 26 heavy (non-hydrogen) atoms. The van der Waals surface area contributed by atoms with Crippen LogP contribution in [0, 0.1) is 5.41 Å². The van der Waals surface area contributed by atoms with Gasteiger partial charge in [-0.15, -0.1) is 0 Å². The summed E-state index contributed by atoms with van der Waals surface area (Å²) in [6, 6.07) is 18.1.